The average molecular weight is 402 g/mol. The molecule has 1 atom stereocenters. The molecule has 1 unspecified atom stereocenters. The topological polar surface area (TPSA) is 37.6 Å². The van der Waals surface area contributed by atoms with E-state index in [0.717, 1.165) is 30.0 Å². The van der Waals surface area contributed by atoms with Crippen LogP contribution in [0.5, 0.6) is 0 Å². The van der Waals surface area contributed by atoms with Crippen LogP contribution in [0.15, 0.2) is 71.0 Å². The molecule has 0 saturated carbocycles. The van der Waals surface area contributed by atoms with Crippen LogP contribution >= 0.6 is 11.3 Å². The molecule has 0 saturated heterocycles. The van der Waals surface area contributed by atoms with Gasteiger partial charge in [-0.05, 0) is 36.5 Å². The minimum atomic E-state index is -0.00615. The van der Waals surface area contributed by atoms with E-state index in [4.69, 9.17) is 4.98 Å². The molecular weight excluding hydrogens is 378 g/mol. The molecule has 0 aliphatic heterocycles. The van der Waals surface area contributed by atoms with Crippen molar-refractivity contribution in [3.63, 3.8) is 0 Å². The number of nitrogens with zero attached hydrogens (tertiary/aromatic N) is 3. The Hall–Kier alpha value is -2.76. The highest BCUT2D eigenvalue weighted by atomic mass is 32.1. The summed E-state index contributed by atoms with van der Waals surface area (Å²) in [4.78, 5) is 20.5. The number of hydrogen-bond donors (Lipinski definition) is 0. The van der Waals surface area contributed by atoms with Crippen molar-refractivity contribution in [3.8, 4) is 0 Å². The smallest absolute Gasteiger partial charge is 0.258 e. The Bertz CT molecular complexity index is 1210. The minimum absolute atomic E-state index is 0.00615. The van der Waals surface area contributed by atoms with Gasteiger partial charge in [-0.1, -0.05) is 54.1 Å². The van der Waals surface area contributed by atoms with Crippen LogP contribution in [0.4, 0.5) is 0 Å². The molecule has 2 heterocycles. The second-order valence-electron chi connectivity index (χ2n) is 7.79. The predicted octanol–water partition coefficient (Wildman–Crippen LogP) is 4.75. The fourth-order valence-corrected chi connectivity index (χ4v) is 5.03. The molecule has 2 aromatic carbocycles. The molecule has 0 bridgehead atoms. The van der Waals surface area contributed by atoms with Crippen LogP contribution in [0, 0.1) is 6.92 Å². The molecule has 2 aromatic heterocycles. The van der Waals surface area contributed by atoms with Crippen LogP contribution in [-0.2, 0) is 19.5 Å². The minimum Gasteiger partial charge on any atom is -0.286 e. The number of benzene rings is 2. The quantitative estimate of drug-likeness (QED) is 0.484. The Kier molecular flexibility index (Phi) is 4.78. The monoisotopic (exact) mass is 401 g/mol. The van der Waals surface area contributed by atoms with Gasteiger partial charge in [0.05, 0.1) is 5.69 Å². The first-order valence-corrected chi connectivity index (χ1v) is 10.9. The SMILES string of the molecule is Cc1ccc(CN(Cc2cc(=O)n3ccsc3n2)C2CCc3ccccc32)cc1. The standard InChI is InChI=1S/C24H23N3OS/c1-17-6-8-18(9-7-17)15-26(22-11-10-19-4-2-3-5-21(19)22)16-20-14-23(28)27-12-13-29-24(27)25-20/h2-9,12-14,22H,10-11,15-16H2,1H3. The van der Waals surface area contributed by atoms with Crippen LogP contribution < -0.4 is 5.56 Å². The first kappa shape index (κ1) is 18.3. The second-order valence-corrected chi connectivity index (χ2v) is 8.66. The fourth-order valence-electron chi connectivity index (χ4n) is 4.30. The molecule has 1 aliphatic rings. The summed E-state index contributed by atoms with van der Waals surface area (Å²) in [5.41, 5.74) is 6.24. The van der Waals surface area contributed by atoms with Crippen LogP contribution in [0.25, 0.3) is 4.96 Å². The van der Waals surface area contributed by atoms with Gasteiger partial charge in [-0.25, -0.2) is 4.98 Å². The van der Waals surface area contributed by atoms with Gasteiger partial charge in [0.25, 0.3) is 5.56 Å². The summed E-state index contributed by atoms with van der Waals surface area (Å²) in [5.74, 6) is 0. The molecular formula is C24H23N3OS. The van der Waals surface area contributed by atoms with E-state index < -0.39 is 0 Å². The first-order chi connectivity index (χ1) is 14.2. The molecule has 4 aromatic rings. The molecule has 0 N–H and O–H groups in total. The molecule has 0 amide bonds. The highest BCUT2D eigenvalue weighted by Gasteiger charge is 2.28. The lowest BCUT2D eigenvalue weighted by Crippen LogP contribution is -2.28. The van der Waals surface area contributed by atoms with Crippen molar-refractivity contribution >= 4 is 16.3 Å². The number of hydrogen-bond acceptors (Lipinski definition) is 4. The normalized spacial score (nSPS) is 15.9. The van der Waals surface area contributed by atoms with Crippen LogP contribution in [0.1, 0.15) is 40.4 Å². The summed E-state index contributed by atoms with van der Waals surface area (Å²) in [7, 11) is 0. The molecule has 0 radical (unpaired) electrons. The van der Waals surface area contributed by atoms with Crippen LogP contribution in [0.3, 0.4) is 0 Å². The van der Waals surface area contributed by atoms with Crippen molar-refractivity contribution in [1.29, 1.82) is 0 Å². The number of aryl methyl sites for hydroxylation is 2. The number of fused-ring (bicyclic) bond motifs is 2. The molecule has 5 rings (SSSR count). The van der Waals surface area contributed by atoms with Gasteiger partial charge in [-0.3, -0.25) is 14.1 Å². The summed E-state index contributed by atoms with van der Waals surface area (Å²) in [6, 6.07) is 19.5. The maximum Gasteiger partial charge on any atom is 0.258 e. The average Bonchev–Trinajstić information content (AvgIpc) is 3.36. The van der Waals surface area contributed by atoms with Gasteiger partial charge in [0, 0.05) is 36.8 Å². The third kappa shape index (κ3) is 3.63. The van der Waals surface area contributed by atoms with E-state index in [2.05, 4.69) is 60.4 Å². The zero-order valence-corrected chi connectivity index (χ0v) is 17.2. The van der Waals surface area contributed by atoms with E-state index in [1.54, 1.807) is 16.7 Å². The van der Waals surface area contributed by atoms with Crippen molar-refractivity contribution < 1.29 is 0 Å². The van der Waals surface area contributed by atoms with Crippen molar-refractivity contribution in [2.45, 2.75) is 38.9 Å². The first-order valence-electron chi connectivity index (χ1n) is 10.0. The Morgan fingerprint density at radius 3 is 2.83 bits per heavy atom. The lowest BCUT2D eigenvalue weighted by atomic mass is 10.0. The third-order valence-electron chi connectivity index (χ3n) is 5.77. The van der Waals surface area contributed by atoms with Crippen molar-refractivity contribution in [1.82, 2.24) is 14.3 Å². The third-order valence-corrected chi connectivity index (χ3v) is 6.53. The Morgan fingerprint density at radius 1 is 1.14 bits per heavy atom. The Morgan fingerprint density at radius 2 is 1.97 bits per heavy atom. The van der Waals surface area contributed by atoms with Crippen molar-refractivity contribution in [2.75, 3.05) is 0 Å². The molecule has 0 spiro atoms. The van der Waals surface area contributed by atoms with Crippen molar-refractivity contribution in [2.24, 2.45) is 0 Å². The molecule has 4 nitrogen and oxygen atoms in total. The van der Waals surface area contributed by atoms with E-state index in [1.807, 2.05) is 5.38 Å². The van der Waals surface area contributed by atoms with E-state index in [0.29, 0.717) is 12.6 Å². The van der Waals surface area contributed by atoms with Gasteiger partial charge in [-0.15, -0.1) is 11.3 Å². The fraction of sp³-hybridized carbons (Fsp3) is 0.250. The van der Waals surface area contributed by atoms with Gasteiger partial charge >= 0.3 is 0 Å². The number of rotatable bonds is 5. The second kappa shape index (κ2) is 7.58. The van der Waals surface area contributed by atoms with Crippen molar-refractivity contribution in [3.05, 3.63) is 104 Å². The Labute approximate surface area is 174 Å². The summed E-state index contributed by atoms with van der Waals surface area (Å²) < 4.78 is 1.61. The molecule has 1 aliphatic carbocycles. The summed E-state index contributed by atoms with van der Waals surface area (Å²) >= 11 is 1.50. The maximum atomic E-state index is 12.5. The van der Waals surface area contributed by atoms with E-state index in [9.17, 15) is 4.79 Å². The number of thiazole rings is 1. The van der Waals surface area contributed by atoms with Gasteiger partial charge in [-0.2, -0.15) is 0 Å². The Balaban J connectivity index is 1.50. The van der Waals surface area contributed by atoms with E-state index >= 15 is 0 Å². The summed E-state index contributed by atoms with van der Waals surface area (Å²) in [5, 5.41) is 1.91. The van der Waals surface area contributed by atoms with Gasteiger partial charge < -0.3 is 0 Å². The lowest BCUT2D eigenvalue weighted by molar-refractivity contribution is 0.176. The maximum absolute atomic E-state index is 12.5. The van der Waals surface area contributed by atoms with Crippen LogP contribution in [0.2, 0.25) is 0 Å². The van der Waals surface area contributed by atoms with Gasteiger partial charge in [0.1, 0.15) is 0 Å². The molecule has 29 heavy (non-hydrogen) atoms. The largest absolute Gasteiger partial charge is 0.286 e. The zero-order chi connectivity index (χ0) is 19.8. The van der Waals surface area contributed by atoms with E-state index in [-0.39, 0.29) is 5.56 Å². The van der Waals surface area contributed by atoms with Gasteiger partial charge in [0.15, 0.2) is 4.96 Å². The summed E-state index contributed by atoms with van der Waals surface area (Å²) in [6.45, 7) is 3.61. The number of aromatic nitrogens is 2. The predicted molar refractivity (Wildman–Crippen MR) is 117 cm³/mol. The molecule has 0 fully saturated rings. The molecule has 5 heteroatoms. The van der Waals surface area contributed by atoms with Gasteiger partial charge in [0.2, 0.25) is 0 Å². The van der Waals surface area contributed by atoms with Crippen LogP contribution in [-0.4, -0.2) is 14.3 Å². The lowest BCUT2D eigenvalue weighted by Gasteiger charge is -2.29. The summed E-state index contributed by atoms with van der Waals surface area (Å²) in [6.07, 6.45) is 3.99. The zero-order valence-electron chi connectivity index (χ0n) is 16.4. The highest BCUT2D eigenvalue weighted by molar-refractivity contribution is 7.15. The van der Waals surface area contributed by atoms with E-state index in [1.165, 1.54) is 33.6 Å². The molecule has 146 valence electrons. The highest BCUT2D eigenvalue weighted by Crippen LogP contribution is 2.37.